The minimum Gasteiger partial charge on any atom is -0.389 e. The van der Waals surface area contributed by atoms with E-state index in [1.165, 1.54) is 32.1 Å². The van der Waals surface area contributed by atoms with Gasteiger partial charge in [-0.15, -0.1) is 0 Å². The second-order valence-corrected chi connectivity index (χ2v) is 5.24. The number of rotatable bonds is 4. The zero-order valence-electron chi connectivity index (χ0n) is 9.26. The Balaban J connectivity index is 1.66. The maximum atomic E-state index is 9.93. The molecule has 0 radical (unpaired) electrons. The van der Waals surface area contributed by atoms with Crippen LogP contribution >= 0.6 is 0 Å². The van der Waals surface area contributed by atoms with E-state index in [0.717, 1.165) is 25.3 Å². The second-order valence-electron chi connectivity index (χ2n) is 5.24. The van der Waals surface area contributed by atoms with Crippen LogP contribution in [0.25, 0.3) is 0 Å². The third kappa shape index (κ3) is 2.29. The smallest absolute Gasteiger partial charge is 0.0771 e. The Morgan fingerprint density at radius 1 is 1.36 bits per heavy atom. The highest BCUT2D eigenvalue weighted by Crippen LogP contribution is 2.32. The Morgan fingerprint density at radius 3 is 2.64 bits per heavy atom. The Hall–Kier alpha value is -0.0800. The Kier molecular flexibility index (Phi) is 3.13. The molecule has 0 saturated heterocycles. The summed E-state index contributed by atoms with van der Waals surface area (Å²) >= 11 is 0. The van der Waals surface area contributed by atoms with Gasteiger partial charge in [0.15, 0.2) is 0 Å². The molecule has 14 heavy (non-hydrogen) atoms. The van der Waals surface area contributed by atoms with E-state index >= 15 is 0 Å². The highest BCUT2D eigenvalue weighted by molar-refractivity contribution is 4.91. The second kappa shape index (κ2) is 4.19. The summed E-state index contributed by atoms with van der Waals surface area (Å²) in [4.78, 5) is 0. The molecule has 2 saturated carbocycles. The van der Waals surface area contributed by atoms with E-state index in [1.807, 2.05) is 0 Å². The van der Waals surface area contributed by atoms with Crippen LogP contribution in [0.1, 0.15) is 51.9 Å². The maximum absolute atomic E-state index is 9.93. The number of nitrogens with one attached hydrogen (secondary N) is 1. The fraction of sp³-hybridized carbons (Fsp3) is 1.00. The summed E-state index contributed by atoms with van der Waals surface area (Å²) in [5.41, 5.74) is -0.343. The van der Waals surface area contributed by atoms with E-state index < -0.39 is 0 Å². The summed E-state index contributed by atoms with van der Waals surface area (Å²) in [5, 5.41) is 13.5. The van der Waals surface area contributed by atoms with Crippen LogP contribution in [0.15, 0.2) is 0 Å². The summed E-state index contributed by atoms with van der Waals surface area (Å²) in [5.74, 6) is 0.934. The van der Waals surface area contributed by atoms with Crippen molar-refractivity contribution in [2.24, 2.45) is 5.92 Å². The van der Waals surface area contributed by atoms with Gasteiger partial charge < -0.3 is 10.4 Å². The number of hydrogen-bond acceptors (Lipinski definition) is 2. The summed E-state index contributed by atoms with van der Waals surface area (Å²) in [7, 11) is 0. The fourth-order valence-corrected chi connectivity index (χ4v) is 2.73. The van der Waals surface area contributed by atoms with Gasteiger partial charge in [0.05, 0.1) is 5.60 Å². The molecule has 0 aromatic rings. The molecule has 82 valence electrons. The highest BCUT2D eigenvalue weighted by atomic mass is 16.3. The molecule has 2 atom stereocenters. The number of aliphatic hydroxyl groups is 1. The van der Waals surface area contributed by atoms with Gasteiger partial charge in [-0.3, -0.25) is 0 Å². The molecule has 2 unspecified atom stereocenters. The SMILES string of the molecule is CCC1CCC(NCC2(O)CCC2)C1. The molecular weight excluding hydrogens is 174 g/mol. The molecule has 0 aliphatic heterocycles. The largest absolute Gasteiger partial charge is 0.389 e. The van der Waals surface area contributed by atoms with Gasteiger partial charge in [0, 0.05) is 12.6 Å². The van der Waals surface area contributed by atoms with Crippen molar-refractivity contribution in [1.82, 2.24) is 5.32 Å². The van der Waals surface area contributed by atoms with Gasteiger partial charge in [-0.05, 0) is 44.4 Å². The molecule has 0 spiro atoms. The van der Waals surface area contributed by atoms with E-state index in [4.69, 9.17) is 0 Å². The van der Waals surface area contributed by atoms with Gasteiger partial charge in [-0.2, -0.15) is 0 Å². The topological polar surface area (TPSA) is 32.3 Å². The molecule has 0 amide bonds. The molecule has 0 bridgehead atoms. The lowest BCUT2D eigenvalue weighted by molar-refractivity contribution is -0.0331. The molecule has 0 aromatic heterocycles. The van der Waals surface area contributed by atoms with Crippen LogP contribution in [-0.2, 0) is 0 Å². The average molecular weight is 197 g/mol. The fourth-order valence-electron chi connectivity index (χ4n) is 2.73. The van der Waals surface area contributed by atoms with Gasteiger partial charge in [-0.25, -0.2) is 0 Å². The zero-order chi connectivity index (χ0) is 10.0. The van der Waals surface area contributed by atoms with Crippen LogP contribution in [0.2, 0.25) is 0 Å². The summed E-state index contributed by atoms with van der Waals surface area (Å²) < 4.78 is 0. The molecule has 2 heteroatoms. The van der Waals surface area contributed by atoms with E-state index in [-0.39, 0.29) is 5.60 Å². The number of hydrogen-bond donors (Lipinski definition) is 2. The predicted octanol–water partition coefficient (Wildman–Crippen LogP) is 2.07. The molecule has 2 fully saturated rings. The first-order valence-corrected chi connectivity index (χ1v) is 6.17. The van der Waals surface area contributed by atoms with Crippen molar-refractivity contribution in [2.45, 2.75) is 63.5 Å². The molecule has 2 aliphatic rings. The van der Waals surface area contributed by atoms with E-state index in [1.54, 1.807) is 0 Å². The Bertz CT molecular complexity index is 189. The van der Waals surface area contributed by atoms with Crippen molar-refractivity contribution in [1.29, 1.82) is 0 Å². The molecular formula is C12H23NO. The summed E-state index contributed by atoms with van der Waals surface area (Å²) in [6.45, 7) is 3.11. The van der Waals surface area contributed by atoms with E-state index in [9.17, 15) is 5.11 Å². The highest BCUT2D eigenvalue weighted by Gasteiger charge is 2.35. The van der Waals surface area contributed by atoms with Gasteiger partial charge in [0.1, 0.15) is 0 Å². The minimum absolute atomic E-state index is 0.343. The first kappa shape index (κ1) is 10.4. The lowest BCUT2D eigenvalue weighted by Crippen LogP contribution is -2.48. The van der Waals surface area contributed by atoms with Gasteiger partial charge >= 0.3 is 0 Å². The van der Waals surface area contributed by atoms with Crippen LogP contribution in [0.4, 0.5) is 0 Å². The molecule has 0 heterocycles. The van der Waals surface area contributed by atoms with Gasteiger partial charge in [-0.1, -0.05) is 13.3 Å². The van der Waals surface area contributed by atoms with Crippen LogP contribution in [-0.4, -0.2) is 23.3 Å². The average Bonchev–Trinajstić information content (AvgIpc) is 2.59. The monoisotopic (exact) mass is 197 g/mol. The molecule has 0 aromatic carbocycles. The molecule has 2 rings (SSSR count). The van der Waals surface area contributed by atoms with Crippen LogP contribution in [0.3, 0.4) is 0 Å². The van der Waals surface area contributed by atoms with Crippen molar-refractivity contribution in [3.63, 3.8) is 0 Å². The third-order valence-electron chi connectivity index (χ3n) is 4.12. The van der Waals surface area contributed by atoms with Gasteiger partial charge in [0.2, 0.25) is 0 Å². The van der Waals surface area contributed by atoms with Crippen molar-refractivity contribution in [3.05, 3.63) is 0 Å². The summed E-state index contributed by atoms with van der Waals surface area (Å²) in [6, 6.07) is 0.685. The lowest BCUT2D eigenvalue weighted by Gasteiger charge is -2.37. The predicted molar refractivity (Wildman–Crippen MR) is 58.2 cm³/mol. The van der Waals surface area contributed by atoms with Crippen LogP contribution in [0, 0.1) is 5.92 Å². The standard InChI is InChI=1S/C12H23NO/c1-2-10-4-5-11(8-10)13-9-12(14)6-3-7-12/h10-11,13-14H,2-9H2,1H3. The van der Waals surface area contributed by atoms with Crippen LogP contribution in [0.5, 0.6) is 0 Å². The zero-order valence-corrected chi connectivity index (χ0v) is 9.26. The van der Waals surface area contributed by atoms with Crippen molar-refractivity contribution < 1.29 is 5.11 Å². The van der Waals surface area contributed by atoms with Crippen LogP contribution < -0.4 is 5.32 Å². The quantitative estimate of drug-likeness (QED) is 0.723. The molecule has 2 nitrogen and oxygen atoms in total. The molecule has 2 aliphatic carbocycles. The van der Waals surface area contributed by atoms with Crippen molar-refractivity contribution >= 4 is 0 Å². The summed E-state index contributed by atoms with van der Waals surface area (Å²) in [6.07, 6.45) is 8.56. The minimum atomic E-state index is -0.343. The Morgan fingerprint density at radius 2 is 2.14 bits per heavy atom. The maximum Gasteiger partial charge on any atom is 0.0771 e. The lowest BCUT2D eigenvalue weighted by atomic mass is 9.80. The van der Waals surface area contributed by atoms with Crippen molar-refractivity contribution in [2.75, 3.05) is 6.54 Å². The molecule has 2 N–H and O–H groups in total. The van der Waals surface area contributed by atoms with Gasteiger partial charge in [0.25, 0.3) is 0 Å². The first-order chi connectivity index (χ1) is 6.72. The normalized spacial score (nSPS) is 35.6. The Labute approximate surface area is 87.1 Å². The van der Waals surface area contributed by atoms with E-state index in [2.05, 4.69) is 12.2 Å². The van der Waals surface area contributed by atoms with Crippen molar-refractivity contribution in [3.8, 4) is 0 Å². The third-order valence-corrected chi connectivity index (χ3v) is 4.12. The van der Waals surface area contributed by atoms with E-state index in [0.29, 0.717) is 6.04 Å². The first-order valence-electron chi connectivity index (χ1n) is 6.17.